The van der Waals surface area contributed by atoms with Gasteiger partial charge in [-0.15, -0.1) is 6.42 Å². The van der Waals surface area contributed by atoms with Crippen molar-refractivity contribution in [3.63, 3.8) is 0 Å². The molecule has 4 aromatic rings. The van der Waals surface area contributed by atoms with Crippen molar-refractivity contribution in [2.75, 3.05) is 37.7 Å². The Hall–Kier alpha value is -3.97. The minimum atomic E-state index is -0.505. The molecule has 5 heterocycles. The van der Waals surface area contributed by atoms with E-state index in [0.717, 1.165) is 63.5 Å². The van der Waals surface area contributed by atoms with Gasteiger partial charge in [0, 0.05) is 53.1 Å². The summed E-state index contributed by atoms with van der Waals surface area (Å²) in [6, 6.07) is 13.4. The Morgan fingerprint density at radius 2 is 1.91 bits per heavy atom. The highest BCUT2D eigenvalue weighted by atomic mass is 19.1. The topological polar surface area (TPSA) is 94.0 Å². The van der Waals surface area contributed by atoms with Crippen LogP contribution >= 0.6 is 0 Å². The number of benzene rings is 3. The number of aliphatic hydroxyl groups excluding tert-OH is 1. The Balaban J connectivity index is 1.25. The number of piperazine rings is 1. The van der Waals surface area contributed by atoms with E-state index in [4.69, 9.17) is 21.1 Å². The third-order valence-electron chi connectivity index (χ3n) is 10.4. The summed E-state index contributed by atoms with van der Waals surface area (Å²) in [5.74, 6) is 2.92. The molecule has 9 heteroatoms. The largest absolute Gasteiger partial charge is 0.508 e. The Morgan fingerprint density at radius 1 is 1.07 bits per heavy atom. The summed E-state index contributed by atoms with van der Waals surface area (Å²) in [5.41, 5.74) is 1.46. The summed E-state index contributed by atoms with van der Waals surface area (Å²) in [6.07, 6.45) is 12.0. The van der Waals surface area contributed by atoms with E-state index < -0.39 is 5.82 Å². The summed E-state index contributed by atoms with van der Waals surface area (Å²) in [4.78, 5) is 14.3. The number of aliphatic hydroxyl groups is 1. The van der Waals surface area contributed by atoms with E-state index in [1.807, 2.05) is 24.3 Å². The molecule has 226 valence electrons. The number of phenols is 1. The average molecular weight is 594 g/mol. The molecule has 8 rings (SSSR count). The van der Waals surface area contributed by atoms with E-state index in [-0.39, 0.29) is 35.5 Å². The van der Waals surface area contributed by atoms with Crippen LogP contribution in [0, 0.1) is 18.2 Å². The first-order valence-electron chi connectivity index (χ1n) is 15.7. The maximum atomic E-state index is 16.8. The first kappa shape index (κ1) is 27.6. The van der Waals surface area contributed by atoms with E-state index in [2.05, 4.69) is 21.0 Å². The van der Waals surface area contributed by atoms with Crippen LogP contribution in [0.2, 0.25) is 0 Å². The lowest BCUT2D eigenvalue weighted by Crippen LogP contribution is -2.51. The summed E-state index contributed by atoms with van der Waals surface area (Å²) in [5, 5.41) is 26.3. The van der Waals surface area contributed by atoms with E-state index in [1.54, 1.807) is 18.2 Å². The van der Waals surface area contributed by atoms with Crippen LogP contribution in [0.25, 0.3) is 32.8 Å². The second-order valence-corrected chi connectivity index (χ2v) is 12.9. The average Bonchev–Trinajstić information content (AvgIpc) is 3.71. The molecule has 2 bridgehead atoms. The number of hydrogen-bond acceptors (Lipinski definition) is 8. The van der Waals surface area contributed by atoms with E-state index in [0.29, 0.717) is 52.0 Å². The van der Waals surface area contributed by atoms with Crippen LogP contribution in [-0.2, 0) is 0 Å². The number of rotatable bonds is 6. The molecular weight excluding hydrogens is 557 g/mol. The molecule has 3 aromatic carbocycles. The molecule has 3 N–H and O–H groups in total. The van der Waals surface area contributed by atoms with Crippen molar-refractivity contribution in [2.24, 2.45) is 0 Å². The lowest BCUT2D eigenvalue weighted by molar-refractivity contribution is 0.0644. The fourth-order valence-corrected chi connectivity index (χ4v) is 8.36. The van der Waals surface area contributed by atoms with Crippen molar-refractivity contribution in [3.05, 3.63) is 53.8 Å². The Bertz CT molecular complexity index is 1810. The maximum absolute atomic E-state index is 16.8. The molecule has 0 amide bonds. The van der Waals surface area contributed by atoms with Crippen molar-refractivity contribution in [3.8, 4) is 35.2 Å². The summed E-state index contributed by atoms with van der Waals surface area (Å²) in [6.45, 7) is 3.04. The second kappa shape index (κ2) is 10.6. The Kier molecular flexibility index (Phi) is 6.63. The highest BCUT2D eigenvalue weighted by Crippen LogP contribution is 2.43. The van der Waals surface area contributed by atoms with Crippen molar-refractivity contribution in [2.45, 2.75) is 62.2 Å². The lowest BCUT2D eigenvalue weighted by atomic mass is 9.93. The monoisotopic (exact) mass is 593 g/mol. The van der Waals surface area contributed by atoms with Gasteiger partial charge in [0.25, 0.3) is 0 Å². The number of hydrogen-bond donors (Lipinski definition) is 3. The zero-order chi connectivity index (χ0) is 30.0. The number of phenolic OH excluding ortho intramolecular Hbond substituents is 1. The summed E-state index contributed by atoms with van der Waals surface area (Å²) in [7, 11) is 0. The van der Waals surface area contributed by atoms with E-state index in [1.165, 1.54) is 0 Å². The molecule has 4 aliphatic rings. The lowest BCUT2D eigenvalue weighted by Gasteiger charge is -2.35. The molecular formula is C35H36FN5O3. The molecule has 8 nitrogen and oxygen atoms in total. The van der Waals surface area contributed by atoms with Gasteiger partial charge < -0.3 is 25.2 Å². The fourth-order valence-electron chi connectivity index (χ4n) is 8.36. The number of nitrogens with one attached hydrogen (secondary N) is 1. The minimum Gasteiger partial charge on any atom is -0.508 e. The Labute approximate surface area is 255 Å². The normalized spacial score (nSPS) is 26.4. The molecule has 4 saturated heterocycles. The van der Waals surface area contributed by atoms with E-state index in [9.17, 15) is 10.2 Å². The van der Waals surface area contributed by atoms with Gasteiger partial charge in [-0.2, -0.15) is 9.97 Å². The van der Waals surface area contributed by atoms with Crippen molar-refractivity contribution >= 4 is 27.5 Å². The molecule has 0 aliphatic carbocycles. The molecule has 4 atom stereocenters. The highest BCUT2D eigenvalue weighted by molar-refractivity contribution is 6.04. The standard InChI is InChI=1S/C35H36FN5O3/c1-2-21-5-3-6-22-15-26(43)16-29(30(21)22)27-9-10-28-32(31(27)36)38-34(39-33(28)40-17-23-7-8-24(18-40)37-23)44-20-35-12-4-14-41(35)25(19-42)11-13-35/h1,3,5-6,9-10,15-16,23-25,37,42-43H,4,7-8,11-14,17-20H2. The van der Waals surface area contributed by atoms with Crippen LogP contribution in [0.4, 0.5) is 10.2 Å². The molecule has 0 radical (unpaired) electrons. The van der Waals surface area contributed by atoms with Crippen LogP contribution in [0.1, 0.15) is 44.1 Å². The van der Waals surface area contributed by atoms with Gasteiger partial charge in [0.1, 0.15) is 23.7 Å². The van der Waals surface area contributed by atoms with Crippen molar-refractivity contribution in [1.29, 1.82) is 0 Å². The van der Waals surface area contributed by atoms with Crippen LogP contribution < -0.4 is 15.0 Å². The molecule has 1 aromatic heterocycles. The smallest absolute Gasteiger partial charge is 0.319 e. The number of halogens is 1. The number of aromatic nitrogens is 2. The zero-order valence-electron chi connectivity index (χ0n) is 24.6. The molecule has 4 fully saturated rings. The van der Waals surface area contributed by atoms with Gasteiger partial charge in [0.2, 0.25) is 0 Å². The molecule has 4 aliphatic heterocycles. The van der Waals surface area contributed by atoms with Gasteiger partial charge in [-0.25, -0.2) is 4.39 Å². The van der Waals surface area contributed by atoms with Crippen molar-refractivity contribution in [1.82, 2.24) is 20.2 Å². The SMILES string of the molecule is C#Cc1cccc2cc(O)cc(-c3ccc4c(N5CC6CCC(C5)N6)nc(OCC56CCCN5C(CO)CC6)nc4c3F)c12. The fraction of sp³-hybridized carbons (Fsp3) is 0.429. The predicted octanol–water partition coefficient (Wildman–Crippen LogP) is 4.58. The number of nitrogens with zero attached hydrogens (tertiary/aromatic N) is 4. The van der Waals surface area contributed by atoms with Crippen LogP contribution in [0.15, 0.2) is 42.5 Å². The minimum absolute atomic E-state index is 0.0305. The van der Waals surface area contributed by atoms with Gasteiger partial charge >= 0.3 is 6.01 Å². The summed E-state index contributed by atoms with van der Waals surface area (Å²) < 4.78 is 23.3. The second-order valence-electron chi connectivity index (χ2n) is 12.9. The van der Waals surface area contributed by atoms with Gasteiger partial charge in [-0.1, -0.05) is 24.1 Å². The first-order chi connectivity index (χ1) is 21.5. The maximum Gasteiger partial charge on any atom is 0.319 e. The number of terminal acetylenes is 1. The quantitative estimate of drug-likeness (QED) is 0.280. The number of fused-ring (bicyclic) bond motifs is 5. The van der Waals surface area contributed by atoms with Crippen molar-refractivity contribution < 1.29 is 19.3 Å². The van der Waals surface area contributed by atoms with E-state index >= 15 is 4.39 Å². The molecule has 44 heavy (non-hydrogen) atoms. The third kappa shape index (κ3) is 4.39. The Morgan fingerprint density at radius 3 is 2.70 bits per heavy atom. The molecule has 4 unspecified atom stereocenters. The highest BCUT2D eigenvalue weighted by Gasteiger charge is 2.49. The van der Waals surface area contributed by atoms with Crippen LogP contribution in [0.3, 0.4) is 0 Å². The molecule has 0 spiro atoms. The number of aromatic hydroxyl groups is 1. The number of anilines is 1. The van der Waals surface area contributed by atoms with Gasteiger partial charge in [-0.3, -0.25) is 4.90 Å². The van der Waals surface area contributed by atoms with Gasteiger partial charge in [-0.05, 0) is 80.3 Å². The first-order valence-corrected chi connectivity index (χ1v) is 15.7. The number of ether oxygens (including phenoxy) is 1. The zero-order valence-corrected chi connectivity index (χ0v) is 24.6. The van der Waals surface area contributed by atoms with Crippen LogP contribution in [-0.4, -0.2) is 81.6 Å². The van der Waals surface area contributed by atoms with Gasteiger partial charge in [0.15, 0.2) is 5.82 Å². The van der Waals surface area contributed by atoms with Gasteiger partial charge in [0.05, 0.1) is 12.1 Å². The molecule has 0 saturated carbocycles. The van der Waals surface area contributed by atoms with Crippen LogP contribution in [0.5, 0.6) is 11.8 Å². The third-order valence-corrected chi connectivity index (χ3v) is 10.4. The predicted molar refractivity (Wildman–Crippen MR) is 168 cm³/mol. The summed E-state index contributed by atoms with van der Waals surface area (Å²) >= 11 is 0.